The summed E-state index contributed by atoms with van der Waals surface area (Å²) < 4.78 is 0. The van der Waals surface area contributed by atoms with Crippen LogP contribution in [0.5, 0.6) is 0 Å². The molecule has 0 N–H and O–H groups in total. The number of hydrogen-bond donors (Lipinski definition) is 0. The SMILES string of the molecule is O=C(C#Cc1ccccc1)[c-]1[cH-][cH-][cH-][cH-]1.O=C(C#Cc1ccccc1)c1ccc(CCC(=O)[c-]2cccc2)cc1.[Fe]. The summed E-state index contributed by atoms with van der Waals surface area (Å²) in [5.41, 5.74) is 4.68. The second kappa shape index (κ2) is 16.2. The second-order valence-corrected chi connectivity index (χ2v) is 8.86. The third-order valence-corrected chi connectivity index (χ3v) is 5.95. The molecular weight excluding hydrogens is 548 g/mol. The Kier molecular flexibility index (Phi) is 12.1. The topological polar surface area (TPSA) is 51.2 Å². The van der Waals surface area contributed by atoms with Crippen LogP contribution in [0.15, 0.2) is 133 Å². The summed E-state index contributed by atoms with van der Waals surface area (Å²) in [5.74, 6) is 10.8. The van der Waals surface area contributed by atoms with Crippen molar-refractivity contribution >= 4 is 17.3 Å². The van der Waals surface area contributed by atoms with Crippen LogP contribution in [0.1, 0.15) is 54.2 Å². The van der Waals surface area contributed by atoms with Crippen LogP contribution in [0.4, 0.5) is 0 Å². The van der Waals surface area contributed by atoms with Gasteiger partial charge in [0.2, 0.25) is 5.78 Å². The predicted octanol–water partition coefficient (Wildman–Crippen LogP) is 7.09. The molecule has 5 aromatic rings. The molecule has 0 bridgehead atoms. The van der Waals surface area contributed by atoms with E-state index in [-0.39, 0.29) is 34.4 Å². The van der Waals surface area contributed by atoms with Crippen molar-refractivity contribution in [3.05, 3.63) is 167 Å². The zero-order valence-electron chi connectivity index (χ0n) is 22.2. The first-order chi connectivity index (χ1) is 19.6. The fourth-order valence-electron chi connectivity index (χ4n) is 3.76. The van der Waals surface area contributed by atoms with Crippen LogP contribution in [-0.2, 0) is 23.5 Å². The zero-order chi connectivity index (χ0) is 28.0. The third kappa shape index (κ3) is 9.92. The van der Waals surface area contributed by atoms with Gasteiger partial charge in [0.25, 0.3) is 0 Å². The Morgan fingerprint density at radius 1 is 0.659 bits per heavy atom. The summed E-state index contributed by atoms with van der Waals surface area (Å²) in [4.78, 5) is 35.6. The van der Waals surface area contributed by atoms with Gasteiger partial charge in [-0.05, 0) is 47.7 Å². The molecule has 206 valence electrons. The summed E-state index contributed by atoms with van der Waals surface area (Å²) >= 11 is 0. The minimum absolute atomic E-state index is 0. The van der Waals surface area contributed by atoms with Gasteiger partial charge in [-0.15, -0.1) is 0 Å². The Morgan fingerprint density at radius 3 is 1.76 bits per heavy atom. The van der Waals surface area contributed by atoms with Gasteiger partial charge in [0, 0.05) is 34.6 Å². The van der Waals surface area contributed by atoms with E-state index in [0.717, 1.165) is 22.3 Å². The van der Waals surface area contributed by atoms with Crippen molar-refractivity contribution in [2.24, 2.45) is 0 Å². The number of Topliss-reactive ketones (excluding diaryl/α,β-unsaturated/α-hetero) is 3. The average molecular weight is 574 g/mol. The monoisotopic (exact) mass is 574 g/mol. The molecule has 0 saturated heterocycles. The van der Waals surface area contributed by atoms with Gasteiger partial charge in [-0.1, -0.05) is 72.1 Å². The van der Waals surface area contributed by atoms with Crippen molar-refractivity contribution < 1.29 is 31.5 Å². The number of rotatable bonds is 6. The van der Waals surface area contributed by atoms with Gasteiger partial charge in [0.05, 0.1) is 0 Å². The first-order valence-electron chi connectivity index (χ1n) is 12.9. The van der Waals surface area contributed by atoms with Crippen LogP contribution < -0.4 is 0 Å². The van der Waals surface area contributed by atoms with Crippen molar-refractivity contribution in [2.75, 3.05) is 0 Å². The number of benzene rings is 3. The van der Waals surface area contributed by atoms with Crippen molar-refractivity contribution in [3.8, 4) is 23.7 Å². The molecular formula is C37H26FeO3-6. The van der Waals surface area contributed by atoms with Crippen LogP contribution in [0.3, 0.4) is 0 Å². The van der Waals surface area contributed by atoms with Gasteiger partial charge in [0.15, 0.2) is 0 Å². The van der Waals surface area contributed by atoms with E-state index < -0.39 is 0 Å². The summed E-state index contributed by atoms with van der Waals surface area (Å²) in [6.45, 7) is 0. The quantitative estimate of drug-likeness (QED) is 0.0942. The molecule has 0 amide bonds. The maximum Gasteiger partial charge on any atom is 0.236 e. The molecule has 0 spiro atoms. The van der Waals surface area contributed by atoms with Gasteiger partial charge in [-0.2, -0.15) is 12.1 Å². The summed E-state index contributed by atoms with van der Waals surface area (Å²) in [6.07, 6.45) is 1.12. The molecule has 41 heavy (non-hydrogen) atoms. The molecule has 0 saturated carbocycles. The van der Waals surface area contributed by atoms with E-state index >= 15 is 0 Å². The van der Waals surface area contributed by atoms with Crippen molar-refractivity contribution in [1.29, 1.82) is 0 Å². The third-order valence-electron chi connectivity index (χ3n) is 5.95. The summed E-state index contributed by atoms with van der Waals surface area (Å²) in [7, 11) is 0. The Balaban J connectivity index is 0.000000248. The second-order valence-electron chi connectivity index (χ2n) is 8.86. The minimum Gasteiger partial charge on any atom is -0.641 e. The summed E-state index contributed by atoms with van der Waals surface area (Å²) in [5, 5.41) is 0. The van der Waals surface area contributed by atoms with Gasteiger partial charge >= 0.3 is 0 Å². The first kappa shape index (κ1) is 30.5. The van der Waals surface area contributed by atoms with Crippen molar-refractivity contribution in [1.82, 2.24) is 0 Å². The van der Waals surface area contributed by atoms with E-state index in [9.17, 15) is 14.4 Å². The van der Waals surface area contributed by atoms with Crippen molar-refractivity contribution in [2.45, 2.75) is 12.8 Å². The molecule has 4 heteroatoms. The largest absolute Gasteiger partial charge is 0.641 e. The molecule has 0 aliphatic heterocycles. The first-order valence-corrected chi connectivity index (χ1v) is 12.9. The predicted molar refractivity (Wildman–Crippen MR) is 158 cm³/mol. The van der Waals surface area contributed by atoms with Crippen LogP contribution in [0.25, 0.3) is 0 Å². The fraction of sp³-hybridized carbons (Fsp3) is 0.0541. The molecule has 0 radical (unpaired) electrons. The van der Waals surface area contributed by atoms with Crippen LogP contribution in [0, 0.1) is 23.7 Å². The Morgan fingerprint density at radius 2 is 1.20 bits per heavy atom. The number of aryl methyl sites for hydroxylation is 1. The number of ketones is 3. The molecule has 5 aromatic carbocycles. The standard InChI is InChI=1S/C23H17O2.C14H9O.Fe/c24-22(20-8-4-5-9-20)17-13-19-10-14-21(15-11-19)23(25)16-12-18-6-2-1-3-7-18;15-14(13-8-4-5-9-13)11-10-12-6-2-1-3-7-12;/h1-11,14-15H,13,17H2;1-9H;/q-1;-5;. The minimum atomic E-state index is -0.205. The molecule has 0 aromatic heterocycles. The van der Waals surface area contributed by atoms with Crippen LogP contribution >= 0.6 is 0 Å². The van der Waals surface area contributed by atoms with E-state index in [1.807, 2.05) is 109 Å². The number of hydrogen-bond acceptors (Lipinski definition) is 3. The smallest absolute Gasteiger partial charge is 0.236 e. The molecule has 3 nitrogen and oxygen atoms in total. The van der Waals surface area contributed by atoms with Crippen molar-refractivity contribution in [3.63, 3.8) is 0 Å². The average Bonchev–Trinajstić information content (AvgIpc) is 3.75. The zero-order valence-corrected chi connectivity index (χ0v) is 23.3. The van der Waals surface area contributed by atoms with Gasteiger partial charge < -0.3 is 51.1 Å². The van der Waals surface area contributed by atoms with Gasteiger partial charge in [-0.3, -0.25) is 10.7 Å². The number of carbonyl (C=O) groups is 3. The molecule has 0 aliphatic rings. The Labute approximate surface area is 251 Å². The van der Waals surface area contributed by atoms with Gasteiger partial charge in [-0.25, -0.2) is 12.1 Å². The van der Waals surface area contributed by atoms with E-state index in [4.69, 9.17) is 0 Å². The molecule has 0 fully saturated rings. The maximum atomic E-state index is 12.1. The van der Waals surface area contributed by atoms with Crippen LogP contribution in [-0.4, -0.2) is 17.3 Å². The molecule has 0 atom stereocenters. The van der Waals surface area contributed by atoms with E-state index in [0.29, 0.717) is 24.0 Å². The van der Waals surface area contributed by atoms with E-state index in [1.165, 1.54) is 0 Å². The molecule has 0 unspecified atom stereocenters. The van der Waals surface area contributed by atoms with E-state index in [1.54, 1.807) is 24.3 Å². The molecule has 5 rings (SSSR count). The van der Waals surface area contributed by atoms with Gasteiger partial charge in [0.1, 0.15) is 5.78 Å². The Bertz CT molecular complexity index is 1660. The summed E-state index contributed by atoms with van der Waals surface area (Å²) in [6, 6.07) is 40.8. The fourth-order valence-corrected chi connectivity index (χ4v) is 3.76. The Hall–Kier alpha value is -4.99. The van der Waals surface area contributed by atoms with Crippen LogP contribution in [0.2, 0.25) is 0 Å². The number of carbonyl (C=O) groups excluding carboxylic acids is 3. The molecule has 0 aliphatic carbocycles. The van der Waals surface area contributed by atoms with E-state index in [2.05, 4.69) is 23.7 Å². The maximum absolute atomic E-state index is 12.1. The molecule has 0 heterocycles. The normalized spacial score (nSPS) is 9.37.